The lowest BCUT2D eigenvalue weighted by atomic mass is 9.97. The maximum Gasteiger partial charge on any atom is 0.236 e. The van der Waals surface area contributed by atoms with E-state index in [0.717, 1.165) is 32.6 Å². The van der Waals surface area contributed by atoms with Gasteiger partial charge in [0.25, 0.3) is 0 Å². The van der Waals surface area contributed by atoms with Crippen LogP contribution in [0.1, 0.15) is 23.1 Å². The van der Waals surface area contributed by atoms with Gasteiger partial charge < -0.3 is 4.90 Å². The molecule has 2 aliphatic heterocycles. The van der Waals surface area contributed by atoms with Gasteiger partial charge in [0.2, 0.25) is 5.91 Å². The molecule has 0 aliphatic carbocycles. The first-order valence-corrected chi connectivity index (χ1v) is 6.81. The van der Waals surface area contributed by atoms with E-state index in [2.05, 4.69) is 30.0 Å². The lowest BCUT2D eigenvalue weighted by Crippen LogP contribution is -2.47. The highest BCUT2D eigenvalue weighted by Gasteiger charge is 2.24. The molecule has 3 rings (SSSR count). The van der Waals surface area contributed by atoms with Crippen molar-refractivity contribution in [3.8, 4) is 0 Å². The van der Waals surface area contributed by atoms with Crippen molar-refractivity contribution in [2.75, 3.05) is 26.2 Å². The Morgan fingerprint density at radius 1 is 1.22 bits per heavy atom. The molecule has 1 amide bonds. The fourth-order valence-corrected chi connectivity index (χ4v) is 2.73. The molecule has 1 saturated heterocycles. The van der Waals surface area contributed by atoms with E-state index in [1.54, 1.807) is 0 Å². The van der Waals surface area contributed by atoms with E-state index >= 15 is 0 Å². The molecule has 96 valence electrons. The average Bonchev–Trinajstić information content (AvgIpc) is 2.27. The highest BCUT2D eigenvalue weighted by atomic mass is 16.2. The van der Waals surface area contributed by atoms with E-state index in [1.807, 2.05) is 4.90 Å². The molecule has 0 aromatic heterocycles. The molecule has 2 aliphatic rings. The van der Waals surface area contributed by atoms with Crippen molar-refractivity contribution < 1.29 is 4.79 Å². The lowest BCUT2D eigenvalue weighted by Gasteiger charge is -2.34. The Morgan fingerprint density at radius 3 is 2.78 bits per heavy atom. The van der Waals surface area contributed by atoms with Gasteiger partial charge in [0.15, 0.2) is 0 Å². The molecular weight excluding hydrogens is 224 g/mol. The van der Waals surface area contributed by atoms with Gasteiger partial charge in [0.05, 0.1) is 6.54 Å². The summed E-state index contributed by atoms with van der Waals surface area (Å²) in [4.78, 5) is 16.2. The number of carbonyl (C=O) groups excluding carboxylic acids is 1. The zero-order chi connectivity index (χ0) is 12.5. The number of hydrogen-bond donors (Lipinski definition) is 0. The number of amides is 1. The average molecular weight is 244 g/mol. The Balaban J connectivity index is 1.63. The Kier molecular flexibility index (Phi) is 3.08. The number of nitrogens with zero attached hydrogens (tertiary/aromatic N) is 2. The fraction of sp³-hybridized carbons (Fsp3) is 0.533. The summed E-state index contributed by atoms with van der Waals surface area (Å²) in [6, 6.07) is 6.66. The molecule has 0 unspecified atom stereocenters. The predicted octanol–water partition coefficient (Wildman–Crippen LogP) is 1.59. The second-order valence-corrected chi connectivity index (χ2v) is 5.47. The highest BCUT2D eigenvalue weighted by molar-refractivity contribution is 5.79. The minimum absolute atomic E-state index is 0.303. The molecule has 1 aromatic carbocycles. The quantitative estimate of drug-likeness (QED) is 0.788. The van der Waals surface area contributed by atoms with Crippen LogP contribution in [0.4, 0.5) is 0 Å². The van der Waals surface area contributed by atoms with Crippen LogP contribution in [0.3, 0.4) is 0 Å². The molecular formula is C15H20N2O. The summed E-state index contributed by atoms with van der Waals surface area (Å²) in [7, 11) is 0. The van der Waals surface area contributed by atoms with Crippen LogP contribution in [0.25, 0.3) is 0 Å². The van der Waals surface area contributed by atoms with E-state index in [-0.39, 0.29) is 0 Å². The first-order chi connectivity index (χ1) is 8.72. The van der Waals surface area contributed by atoms with E-state index in [9.17, 15) is 4.79 Å². The molecule has 1 aromatic rings. The fourth-order valence-electron chi connectivity index (χ4n) is 2.73. The van der Waals surface area contributed by atoms with Crippen molar-refractivity contribution in [1.82, 2.24) is 9.80 Å². The van der Waals surface area contributed by atoms with Gasteiger partial charge in [-0.05, 0) is 30.9 Å². The number of benzene rings is 1. The minimum Gasteiger partial charge on any atom is -0.341 e. The third-order valence-corrected chi connectivity index (χ3v) is 4.02. The largest absolute Gasteiger partial charge is 0.341 e. The molecule has 2 heterocycles. The Bertz CT molecular complexity index is 466. The summed E-state index contributed by atoms with van der Waals surface area (Å²) < 4.78 is 0. The second kappa shape index (κ2) is 4.73. The van der Waals surface area contributed by atoms with Gasteiger partial charge in [0, 0.05) is 26.2 Å². The number of carbonyl (C=O) groups is 1. The van der Waals surface area contributed by atoms with Gasteiger partial charge in [0.1, 0.15) is 0 Å². The van der Waals surface area contributed by atoms with E-state index < -0.39 is 0 Å². The van der Waals surface area contributed by atoms with Gasteiger partial charge in [-0.15, -0.1) is 0 Å². The van der Waals surface area contributed by atoms with Crippen molar-refractivity contribution >= 4 is 5.91 Å². The highest BCUT2D eigenvalue weighted by Crippen LogP contribution is 2.20. The maximum absolute atomic E-state index is 11.9. The summed E-state index contributed by atoms with van der Waals surface area (Å²) in [6.07, 6.45) is 2.25. The summed E-state index contributed by atoms with van der Waals surface area (Å²) >= 11 is 0. The van der Waals surface area contributed by atoms with Crippen molar-refractivity contribution in [3.63, 3.8) is 0 Å². The zero-order valence-corrected chi connectivity index (χ0v) is 11.0. The van der Waals surface area contributed by atoms with Crippen molar-refractivity contribution in [2.24, 2.45) is 0 Å². The van der Waals surface area contributed by atoms with Crippen LogP contribution in [-0.4, -0.2) is 41.9 Å². The third-order valence-electron chi connectivity index (χ3n) is 4.02. The smallest absolute Gasteiger partial charge is 0.236 e. The van der Waals surface area contributed by atoms with Crippen LogP contribution >= 0.6 is 0 Å². The first kappa shape index (κ1) is 11.7. The molecule has 1 fully saturated rings. The molecule has 3 nitrogen and oxygen atoms in total. The van der Waals surface area contributed by atoms with Crippen LogP contribution in [-0.2, 0) is 17.8 Å². The molecule has 3 heteroatoms. The van der Waals surface area contributed by atoms with Gasteiger partial charge in [-0.25, -0.2) is 0 Å². The summed E-state index contributed by atoms with van der Waals surface area (Å²) in [5, 5.41) is 0. The molecule has 0 bridgehead atoms. The van der Waals surface area contributed by atoms with Crippen molar-refractivity contribution in [3.05, 3.63) is 34.9 Å². The number of likely N-dealkylation sites (tertiary alicyclic amines) is 1. The molecule has 0 radical (unpaired) electrons. The normalized spacial score (nSPS) is 19.3. The van der Waals surface area contributed by atoms with Crippen LogP contribution in [0, 0.1) is 6.92 Å². The number of hydrogen-bond acceptors (Lipinski definition) is 2. The van der Waals surface area contributed by atoms with Gasteiger partial charge in [-0.2, -0.15) is 0 Å². The van der Waals surface area contributed by atoms with Gasteiger partial charge in [-0.1, -0.05) is 23.8 Å². The standard InChI is InChI=1S/C15H20N2O/c1-12-3-4-14-10-16(8-5-13(14)9-12)11-15(18)17-6-2-7-17/h3-4,9H,2,5-8,10-11H2,1H3. The second-order valence-electron chi connectivity index (χ2n) is 5.47. The van der Waals surface area contributed by atoms with Crippen LogP contribution in [0.15, 0.2) is 18.2 Å². The molecule has 0 N–H and O–H groups in total. The molecule has 0 spiro atoms. The monoisotopic (exact) mass is 244 g/mol. The SMILES string of the molecule is Cc1ccc2c(c1)CCN(CC(=O)N1CCC1)C2. The summed E-state index contributed by atoms with van der Waals surface area (Å²) in [5.74, 6) is 0.303. The maximum atomic E-state index is 11.9. The first-order valence-electron chi connectivity index (χ1n) is 6.81. The zero-order valence-electron chi connectivity index (χ0n) is 11.0. The minimum atomic E-state index is 0.303. The third kappa shape index (κ3) is 2.27. The van der Waals surface area contributed by atoms with Crippen molar-refractivity contribution in [1.29, 1.82) is 0 Å². The van der Waals surface area contributed by atoms with E-state index in [0.29, 0.717) is 12.5 Å². The lowest BCUT2D eigenvalue weighted by molar-refractivity contribution is -0.136. The van der Waals surface area contributed by atoms with E-state index in [4.69, 9.17) is 0 Å². The van der Waals surface area contributed by atoms with Crippen LogP contribution < -0.4 is 0 Å². The molecule has 18 heavy (non-hydrogen) atoms. The number of aryl methyl sites for hydroxylation is 1. The predicted molar refractivity (Wildman–Crippen MR) is 71.4 cm³/mol. The summed E-state index contributed by atoms with van der Waals surface area (Å²) in [6.45, 7) is 6.59. The molecule has 0 saturated carbocycles. The topological polar surface area (TPSA) is 23.6 Å². The van der Waals surface area contributed by atoms with E-state index in [1.165, 1.54) is 23.1 Å². The Morgan fingerprint density at radius 2 is 2.06 bits per heavy atom. The van der Waals surface area contributed by atoms with Gasteiger partial charge in [-0.3, -0.25) is 9.69 Å². The number of rotatable bonds is 2. The van der Waals surface area contributed by atoms with Crippen molar-refractivity contribution in [2.45, 2.75) is 26.3 Å². The Labute approximate surface area is 108 Å². The van der Waals surface area contributed by atoms with Gasteiger partial charge >= 0.3 is 0 Å². The Hall–Kier alpha value is -1.35. The summed E-state index contributed by atoms with van der Waals surface area (Å²) in [5.41, 5.74) is 4.18. The molecule has 0 atom stereocenters. The van der Waals surface area contributed by atoms with Crippen LogP contribution in [0.2, 0.25) is 0 Å². The number of fused-ring (bicyclic) bond motifs is 1. The van der Waals surface area contributed by atoms with Crippen LogP contribution in [0.5, 0.6) is 0 Å².